The Balaban J connectivity index is 0.00000169. The third-order valence-corrected chi connectivity index (χ3v) is 4.69. The molecule has 2 aromatic heterocycles. The van der Waals surface area contributed by atoms with Crippen LogP contribution in [0.25, 0.3) is 21.3 Å². The third-order valence-electron chi connectivity index (χ3n) is 3.74. The standard InChI is InChI=1S/C17H14N4OS.HI/c1-20-11-21(14-8-4-3-7-13(14)20)10-16(22)19-17-18-12-6-2-5-9-15(12)23-17;/h2-9,11H,10H2,1H3;1H/p+1. The normalized spacial score (nSPS) is 10.7. The molecule has 1 N–H and O–H groups in total. The fourth-order valence-electron chi connectivity index (χ4n) is 2.70. The molecule has 4 aromatic rings. The molecule has 7 heteroatoms. The largest absolute Gasteiger partial charge is 0.298 e. The van der Waals surface area contributed by atoms with Crippen molar-refractivity contribution >= 4 is 67.6 Å². The number of nitrogens with zero attached hydrogens (tertiary/aromatic N) is 3. The summed E-state index contributed by atoms with van der Waals surface area (Å²) in [5.41, 5.74) is 3.04. The number of rotatable bonds is 3. The molecule has 0 aliphatic carbocycles. The van der Waals surface area contributed by atoms with E-state index in [-0.39, 0.29) is 36.4 Å². The van der Waals surface area contributed by atoms with Gasteiger partial charge in [0.05, 0.1) is 17.3 Å². The maximum atomic E-state index is 12.3. The number of thiazole rings is 1. The lowest BCUT2D eigenvalue weighted by Gasteiger charge is -1.99. The third kappa shape index (κ3) is 3.13. The second-order valence-corrected chi connectivity index (χ2v) is 6.41. The molecular weight excluding hydrogens is 435 g/mol. The van der Waals surface area contributed by atoms with Crippen molar-refractivity contribution in [2.45, 2.75) is 6.54 Å². The first-order chi connectivity index (χ1) is 11.2. The van der Waals surface area contributed by atoms with E-state index in [0.717, 1.165) is 21.3 Å². The lowest BCUT2D eigenvalue weighted by Crippen LogP contribution is -2.26. The molecular formula is C17H16IN4OS+. The molecule has 0 fully saturated rings. The summed E-state index contributed by atoms with van der Waals surface area (Å²) in [5.74, 6) is -0.0783. The SMILES string of the molecule is C[n+]1cn(CC(=O)Nc2nc3ccccc3s2)c2ccccc21.I. The number of benzene rings is 2. The molecule has 0 aliphatic rings. The Kier molecular flexibility index (Phi) is 4.81. The zero-order chi connectivity index (χ0) is 15.8. The van der Waals surface area contributed by atoms with E-state index in [0.29, 0.717) is 5.13 Å². The van der Waals surface area contributed by atoms with E-state index in [1.165, 1.54) is 11.3 Å². The van der Waals surface area contributed by atoms with Crippen LogP contribution in [0, 0.1) is 0 Å². The molecule has 0 spiro atoms. The molecule has 5 nitrogen and oxygen atoms in total. The van der Waals surface area contributed by atoms with E-state index in [1.807, 2.05) is 71.0 Å². The summed E-state index contributed by atoms with van der Waals surface area (Å²) in [6.45, 7) is 0.261. The highest BCUT2D eigenvalue weighted by Gasteiger charge is 2.16. The molecule has 0 aliphatic heterocycles. The average Bonchev–Trinajstić information content (AvgIpc) is 3.09. The Labute approximate surface area is 160 Å². The number of carbonyl (C=O) groups is 1. The van der Waals surface area contributed by atoms with Crippen molar-refractivity contribution in [3.8, 4) is 0 Å². The molecule has 4 rings (SSSR count). The Morgan fingerprint density at radius 1 is 1.21 bits per heavy atom. The fraction of sp³-hybridized carbons (Fsp3) is 0.118. The number of hydrogen-bond donors (Lipinski definition) is 1. The minimum atomic E-state index is -0.0783. The first-order valence-electron chi connectivity index (χ1n) is 7.29. The summed E-state index contributed by atoms with van der Waals surface area (Å²) >= 11 is 1.49. The summed E-state index contributed by atoms with van der Waals surface area (Å²) in [4.78, 5) is 16.8. The van der Waals surface area contributed by atoms with E-state index in [2.05, 4.69) is 10.3 Å². The number of halogens is 1. The van der Waals surface area contributed by atoms with Crippen LogP contribution in [0.3, 0.4) is 0 Å². The number of anilines is 1. The van der Waals surface area contributed by atoms with Gasteiger partial charge in [0.25, 0.3) is 5.91 Å². The van der Waals surface area contributed by atoms with Crippen molar-refractivity contribution in [1.82, 2.24) is 9.55 Å². The zero-order valence-corrected chi connectivity index (χ0v) is 16.1. The number of nitrogens with one attached hydrogen (secondary N) is 1. The van der Waals surface area contributed by atoms with Gasteiger partial charge in [-0.05, 0) is 24.3 Å². The van der Waals surface area contributed by atoms with Gasteiger partial charge in [-0.25, -0.2) is 14.1 Å². The van der Waals surface area contributed by atoms with Gasteiger partial charge in [-0.2, -0.15) is 0 Å². The van der Waals surface area contributed by atoms with Gasteiger partial charge in [0.15, 0.2) is 22.7 Å². The predicted octanol–water partition coefficient (Wildman–Crippen LogP) is 3.33. The van der Waals surface area contributed by atoms with Crippen LogP contribution in [0.4, 0.5) is 5.13 Å². The summed E-state index contributed by atoms with van der Waals surface area (Å²) in [7, 11) is 1.98. The topological polar surface area (TPSA) is 50.8 Å². The Bertz CT molecular complexity index is 991. The smallest absolute Gasteiger partial charge is 0.268 e. The molecule has 0 unspecified atom stereocenters. The van der Waals surface area contributed by atoms with E-state index in [4.69, 9.17) is 0 Å². The predicted molar refractivity (Wildman–Crippen MR) is 107 cm³/mol. The number of aryl methyl sites for hydroxylation is 1. The van der Waals surface area contributed by atoms with Crippen LogP contribution in [0.2, 0.25) is 0 Å². The summed E-state index contributed by atoms with van der Waals surface area (Å²) in [5, 5.41) is 3.53. The van der Waals surface area contributed by atoms with Gasteiger partial charge in [0, 0.05) is 0 Å². The number of imidazole rings is 1. The highest BCUT2D eigenvalue weighted by atomic mass is 127. The van der Waals surface area contributed by atoms with E-state index in [1.54, 1.807) is 0 Å². The number of para-hydroxylation sites is 3. The van der Waals surface area contributed by atoms with Crippen molar-refractivity contribution in [1.29, 1.82) is 0 Å². The summed E-state index contributed by atoms with van der Waals surface area (Å²) < 4.78 is 5.03. The molecule has 2 aromatic carbocycles. The van der Waals surface area contributed by atoms with Crippen LogP contribution in [0.15, 0.2) is 54.9 Å². The lowest BCUT2D eigenvalue weighted by atomic mass is 10.3. The van der Waals surface area contributed by atoms with Gasteiger partial charge in [-0.3, -0.25) is 10.1 Å². The summed E-state index contributed by atoms with van der Waals surface area (Å²) in [6, 6.07) is 15.9. The van der Waals surface area contributed by atoms with Crippen molar-refractivity contribution in [3.05, 3.63) is 54.9 Å². The highest BCUT2D eigenvalue weighted by molar-refractivity contribution is 14.0. The van der Waals surface area contributed by atoms with Crippen LogP contribution in [-0.4, -0.2) is 15.5 Å². The van der Waals surface area contributed by atoms with Gasteiger partial charge in [0.2, 0.25) is 6.33 Å². The maximum absolute atomic E-state index is 12.3. The van der Waals surface area contributed by atoms with Crippen LogP contribution < -0.4 is 9.88 Å². The van der Waals surface area contributed by atoms with Crippen molar-refractivity contribution < 1.29 is 9.36 Å². The first kappa shape index (κ1) is 16.8. The molecule has 122 valence electrons. The number of fused-ring (bicyclic) bond motifs is 2. The van der Waals surface area contributed by atoms with Gasteiger partial charge < -0.3 is 0 Å². The molecule has 2 heterocycles. The molecule has 0 saturated heterocycles. The Hall–Kier alpha value is -2.00. The van der Waals surface area contributed by atoms with E-state index in [9.17, 15) is 4.79 Å². The Morgan fingerprint density at radius 2 is 1.96 bits per heavy atom. The average molecular weight is 451 g/mol. The number of amides is 1. The van der Waals surface area contributed by atoms with Crippen molar-refractivity contribution in [2.75, 3.05) is 5.32 Å². The summed E-state index contributed by atoms with van der Waals surface area (Å²) in [6.07, 6.45) is 1.93. The van der Waals surface area contributed by atoms with Crippen LogP contribution in [-0.2, 0) is 18.4 Å². The van der Waals surface area contributed by atoms with Crippen molar-refractivity contribution in [2.24, 2.45) is 7.05 Å². The van der Waals surface area contributed by atoms with Gasteiger partial charge in [-0.1, -0.05) is 35.6 Å². The highest BCUT2D eigenvalue weighted by Crippen LogP contribution is 2.25. The quantitative estimate of drug-likeness (QED) is 0.384. The van der Waals surface area contributed by atoms with Crippen LogP contribution in [0.1, 0.15) is 0 Å². The maximum Gasteiger partial charge on any atom is 0.268 e. The zero-order valence-electron chi connectivity index (χ0n) is 13.0. The second-order valence-electron chi connectivity index (χ2n) is 5.38. The second kappa shape index (κ2) is 6.86. The molecule has 0 radical (unpaired) electrons. The molecule has 1 amide bonds. The minimum absolute atomic E-state index is 0. The van der Waals surface area contributed by atoms with Crippen LogP contribution >= 0.6 is 35.3 Å². The number of carbonyl (C=O) groups excluding carboxylic acids is 1. The fourth-order valence-corrected chi connectivity index (χ4v) is 3.59. The van der Waals surface area contributed by atoms with Gasteiger partial charge in [-0.15, -0.1) is 24.0 Å². The van der Waals surface area contributed by atoms with Crippen LogP contribution in [0.5, 0.6) is 0 Å². The van der Waals surface area contributed by atoms with Crippen molar-refractivity contribution in [3.63, 3.8) is 0 Å². The molecule has 24 heavy (non-hydrogen) atoms. The van der Waals surface area contributed by atoms with Gasteiger partial charge in [0.1, 0.15) is 0 Å². The minimum Gasteiger partial charge on any atom is -0.298 e. The Morgan fingerprint density at radius 3 is 2.79 bits per heavy atom. The number of aromatic nitrogens is 3. The first-order valence-corrected chi connectivity index (χ1v) is 8.11. The van der Waals surface area contributed by atoms with E-state index >= 15 is 0 Å². The monoisotopic (exact) mass is 451 g/mol. The lowest BCUT2D eigenvalue weighted by molar-refractivity contribution is -0.645. The van der Waals surface area contributed by atoms with E-state index < -0.39 is 0 Å². The number of hydrogen-bond acceptors (Lipinski definition) is 3. The molecule has 0 atom stereocenters. The van der Waals surface area contributed by atoms with Gasteiger partial charge >= 0.3 is 0 Å². The molecule has 0 bridgehead atoms. The molecule has 0 saturated carbocycles.